The lowest BCUT2D eigenvalue weighted by Crippen LogP contribution is -2.37. The first kappa shape index (κ1) is 14.0. The highest BCUT2D eigenvalue weighted by Crippen LogP contribution is 2.72. The van der Waals surface area contributed by atoms with Crippen molar-refractivity contribution in [2.45, 2.75) is 44.1 Å². The summed E-state index contributed by atoms with van der Waals surface area (Å²) in [6, 6.07) is 9.53. The van der Waals surface area contributed by atoms with E-state index in [1.807, 2.05) is 30.3 Å². The molecule has 0 spiro atoms. The van der Waals surface area contributed by atoms with Gasteiger partial charge in [0.05, 0.1) is 13.2 Å². The Morgan fingerprint density at radius 3 is 2.35 bits per heavy atom. The monoisotopic (exact) mass is 280 g/mol. The maximum atomic E-state index is 10.7. The quantitative estimate of drug-likeness (QED) is 0.745. The van der Waals surface area contributed by atoms with Crippen LogP contribution < -0.4 is 0 Å². The molecule has 1 saturated carbocycles. The van der Waals surface area contributed by atoms with Crippen LogP contribution in [0.15, 0.2) is 30.3 Å². The zero-order chi connectivity index (χ0) is 14.6. The molecule has 1 aliphatic carbocycles. The standard InChI is InChI=1S/C15H20O5/c1-13(2)14(17)11(8-16)20-12(15(13,14)18)19-9-10-6-4-3-5-7-10/h3-7,11-12,16-18H,8-9H2,1-2H3/t11-,12?,14+,15-/m1/s1. The van der Waals surface area contributed by atoms with Crippen molar-refractivity contribution in [2.75, 3.05) is 6.61 Å². The molecule has 1 aliphatic heterocycles. The lowest BCUT2D eigenvalue weighted by atomic mass is 10.0. The van der Waals surface area contributed by atoms with Gasteiger partial charge in [-0.15, -0.1) is 0 Å². The van der Waals surface area contributed by atoms with E-state index in [1.165, 1.54) is 0 Å². The van der Waals surface area contributed by atoms with E-state index in [0.29, 0.717) is 0 Å². The third-order valence-corrected chi connectivity index (χ3v) is 4.93. The first-order valence-electron chi connectivity index (χ1n) is 6.76. The molecule has 1 heterocycles. The van der Waals surface area contributed by atoms with Gasteiger partial charge in [0.1, 0.15) is 11.7 Å². The fraction of sp³-hybridized carbons (Fsp3) is 0.600. The van der Waals surface area contributed by atoms with Crippen molar-refractivity contribution in [3.63, 3.8) is 0 Å². The Balaban J connectivity index is 1.76. The van der Waals surface area contributed by atoms with Crippen LogP contribution in [0.4, 0.5) is 0 Å². The van der Waals surface area contributed by atoms with E-state index in [1.54, 1.807) is 13.8 Å². The van der Waals surface area contributed by atoms with Crippen molar-refractivity contribution in [3.05, 3.63) is 35.9 Å². The molecule has 0 bridgehead atoms. The predicted octanol–water partition coefficient (Wildman–Crippen LogP) is 0.422. The minimum absolute atomic E-state index is 0.276. The SMILES string of the molecule is CC1(C)[C@]2(O)C(OCc3ccccc3)O[C@H](CO)[C@]12O. The lowest BCUT2D eigenvalue weighted by Gasteiger charge is -2.26. The van der Waals surface area contributed by atoms with Crippen LogP contribution in [0, 0.1) is 5.41 Å². The second kappa shape index (κ2) is 4.26. The van der Waals surface area contributed by atoms with E-state index < -0.39 is 29.0 Å². The van der Waals surface area contributed by atoms with Crippen LogP contribution in [0.2, 0.25) is 0 Å². The minimum atomic E-state index is -1.48. The molecule has 1 aromatic rings. The summed E-state index contributed by atoms with van der Waals surface area (Å²) in [6.45, 7) is 3.42. The maximum Gasteiger partial charge on any atom is 0.190 e. The largest absolute Gasteiger partial charge is 0.394 e. The van der Waals surface area contributed by atoms with Crippen molar-refractivity contribution < 1.29 is 24.8 Å². The number of ether oxygens (including phenoxy) is 2. The third kappa shape index (κ3) is 1.44. The summed E-state index contributed by atoms with van der Waals surface area (Å²) in [5.41, 5.74) is -2.76. The molecule has 0 amide bonds. The summed E-state index contributed by atoms with van der Waals surface area (Å²) in [4.78, 5) is 0. The first-order valence-corrected chi connectivity index (χ1v) is 6.76. The number of aliphatic hydroxyl groups is 3. The number of rotatable bonds is 4. The molecule has 1 saturated heterocycles. The summed E-state index contributed by atoms with van der Waals surface area (Å²) in [5, 5.41) is 30.6. The van der Waals surface area contributed by atoms with Gasteiger partial charge in [-0.3, -0.25) is 0 Å². The van der Waals surface area contributed by atoms with Crippen LogP contribution in [-0.2, 0) is 16.1 Å². The maximum absolute atomic E-state index is 10.7. The van der Waals surface area contributed by atoms with E-state index in [4.69, 9.17) is 9.47 Å². The molecule has 2 fully saturated rings. The topological polar surface area (TPSA) is 79.2 Å². The van der Waals surface area contributed by atoms with Gasteiger partial charge in [0.25, 0.3) is 0 Å². The minimum Gasteiger partial charge on any atom is -0.394 e. The highest BCUT2D eigenvalue weighted by atomic mass is 16.7. The van der Waals surface area contributed by atoms with E-state index in [-0.39, 0.29) is 13.2 Å². The van der Waals surface area contributed by atoms with E-state index in [9.17, 15) is 15.3 Å². The van der Waals surface area contributed by atoms with E-state index >= 15 is 0 Å². The highest BCUT2D eigenvalue weighted by Gasteiger charge is 2.92. The highest BCUT2D eigenvalue weighted by molar-refractivity contribution is 5.39. The Bertz CT molecular complexity index is 502. The Hall–Kier alpha value is -0.980. The average Bonchev–Trinajstić information content (AvgIpc) is 2.69. The molecule has 2 aliphatic rings. The Morgan fingerprint density at radius 2 is 1.80 bits per heavy atom. The predicted molar refractivity (Wildman–Crippen MR) is 70.7 cm³/mol. The molecular formula is C15H20O5. The molecule has 0 aromatic heterocycles. The molecule has 1 aromatic carbocycles. The summed E-state index contributed by atoms with van der Waals surface area (Å²) < 4.78 is 11.1. The number of hydrogen-bond acceptors (Lipinski definition) is 5. The molecule has 5 heteroatoms. The summed E-state index contributed by atoms with van der Waals surface area (Å²) >= 11 is 0. The van der Waals surface area contributed by atoms with Crippen LogP contribution in [0.1, 0.15) is 19.4 Å². The fourth-order valence-corrected chi connectivity index (χ4v) is 3.45. The van der Waals surface area contributed by atoms with Crippen LogP contribution in [0.25, 0.3) is 0 Å². The molecule has 0 radical (unpaired) electrons. The smallest absolute Gasteiger partial charge is 0.190 e. The number of aliphatic hydroxyl groups excluding tert-OH is 1. The van der Waals surface area contributed by atoms with Crippen LogP contribution >= 0.6 is 0 Å². The Labute approximate surface area is 117 Å². The molecule has 5 nitrogen and oxygen atoms in total. The van der Waals surface area contributed by atoms with Crippen LogP contribution in [0.5, 0.6) is 0 Å². The molecule has 1 unspecified atom stereocenters. The van der Waals surface area contributed by atoms with Gasteiger partial charge in [-0.1, -0.05) is 44.2 Å². The van der Waals surface area contributed by atoms with Crippen LogP contribution in [-0.4, -0.2) is 45.5 Å². The second-order valence-electron chi connectivity index (χ2n) is 6.09. The van der Waals surface area contributed by atoms with Gasteiger partial charge < -0.3 is 24.8 Å². The first-order chi connectivity index (χ1) is 9.39. The molecule has 3 N–H and O–H groups in total. The second-order valence-corrected chi connectivity index (χ2v) is 6.09. The summed E-state index contributed by atoms with van der Waals surface area (Å²) in [5.74, 6) is 0. The lowest BCUT2D eigenvalue weighted by molar-refractivity contribution is -0.217. The van der Waals surface area contributed by atoms with Gasteiger partial charge in [-0.2, -0.15) is 0 Å². The molecule has 3 rings (SSSR count). The number of fused-ring (bicyclic) bond motifs is 1. The van der Waals surface area contributed by atoms with E-state index in [0.717, 1.165) is 5.56 Å². The molecule has 4 atom stereocenters. The zero-order valence-corrected chi connectivity index (χ0v) is 11.6. The van der Waals surface area contributed by atoms with Gasteiger partial charge in [0.2, 0.25) is 0 Å². The van der Waals surface area contributed by atoms with Gasteiger partial charge in [-0.05, 0) is 5.56 Å². The third-order valence-electron chi connectivity index (χ3n) is 4.93. The van der Waals surface area contributed by atoms with Gasteiger partial charge >= 0.3 is 0 Å². The molecule has 20 heavy (non-hydrogen) atoms. The van der Waals surface area contributed by atoms with Crippen molar-refractivity contribution in [1.29, 1.82) is 0 Å². The number of hydrogen-bond donors (Lipinski definition) is 3. The molecular weight excluding hydrogens is 260 g/mol. The van der Waals surface area contributed by atoms with Crippen LogP contribution in [0.3, 0.4) is 0 Å². The zero-order valence-electron chi connectivity index (χ0n) is 11.6. The normalized spacial score (nSPS) is 41.5. The summed E-state index contributed by atoms with van der Waals surface area (Å²) in [7, 11) is 0. The van der Waals surface area contributed by atoms with Crippen molar-refractivity contribution in [2.24, 2.45) is 5.41 Å². The fourth-order valence-electron chi connectivity index (χ4n) is 3.45. The Kier molecular flexibility index (Phi) is 2.97. The van der Waals surface area contributed by atoms with Crippen molar-refractivity contribution >= 4 is 0 Å². The summed E-state index contributed by atoms with van der Waals surface area (Å²) in [6.07, 6.45) is -1.77. The molecule has 110 valence electrons. The number of benzene rings is 1. The van der Waals surface area contributed by atoms with Gasteiger partial charge in [-0.25, -0.2) is 0 Å². The van der Waals surface area contributed by atoms with Gasteiger partial charge in [0, 0.05) is 5.41 Å². The van der Waals surface area contributed by atoms with Crippen molar-refractivity contribution in [1.82, 2.24) is 0 Å². The van der Waals surface area contributed by atoms with Gasteiger partial charge in [0.15, 0.2) is 11.9 Å². The van der Waals surface area contributed by atoms with Crippen molar-refractivity contribution in [3.8, 4) is 0 Å². The Morgan fingerprint density at radius 1 is 1.15 bits per heavy atom. The van der Waals surface area contributed by atoms with E-state index in [2.05, 4.69) is 0 Å². The average molecular weight is 280 g/mol.